The smallest absolute Gasteiger partial charge is 0.408 e. The molecule has 0 saturated heterocycles. The predicted molar refractivity (Wildman–Crippen MR) is 85.2 cm³/mol. The molecule has 0 spiro atoms. The fourth-order valence-electron chi connectivity index (χ4n) is 1.88. The van der Waals surface area contributed by atoms with Crippen molar-refractivity contribution in [2.24, 2.45) is 0 Å². The summed E-state index contributed by atoms with van der Waals surface area (Å²) in [5, 5.41) is 2.72. The molecule has 2 aromatic carbocycles. The van der Waals surface area contributed by atoms with E-state index in [1.807, 2.05) is 57.2 Å². The maximum atomic E-state index is 11.7. The maximum absolute atomic E-state index is 11.7. The fraction of sp³-hybridized carbons (Fsp3) is 0.235. The van der Waals surface area contributed by atoms with Gasteiger partial charge in [-0.3, -0.25) is 0 Å². The lowest BCUT2D eigenvalue weighted by Crippen LogP contribution is -2.42. The summed E-state index contributed by atoms with van der Waals surface area (Å²) in [6.45, 7) is 5.66. The number of rotatable bonds is 2. The molecule has 3 N–H and O–H groups in total. The third kappa shape index (κ3) is 4.24. The van der Waals surface area contributed by atoms with Crippen LogP contribution in [0, 0.1) is 0 Å². The Morgan fingerprint density at radius 2 is 1.71 bits per heavy atom. The zero-order chi connectivity index (χ0) is 15.5. The quantitative estimate of drug-likeness (QED) is 0.824. The van der Waals surface area contributed by atoms with Crippen molar-refractivity contribution in [1.29, 1.82) is 0 Å². The molecular formula is C17H20N2O2. The van der Waals surface area contributed by atoms with E-state index in [0.717, 1.165) is 11.1 Å². The summed E-state index contributed by atoms with van der Waals surface area (Å²) in [6, 6.07) is 15.3. The van der Waals surface area contributed by atoms with Gasteiger partial charge < -0.3 is 15.8 Å². The topological polar surface area (TPSA) is 64.3 Å². The molecule has 0 aromatic heterocycles. The number of nitrogen functional groups attached to an aromatic ring is 1. The van der Waals surface area contributed by atoms with Gasteiger partial charge in [0.25, 0.3) is 0 Å². The second kappa shape index (κ2) is 5.87. The number of anilines is 1. The molecule has 0 aliphatic carbocycles. The van der Waals surface area contributed by atoms with Crippen LogP contribution in [0.25, 0.3) is 11.1 Å². The van der Waals surface area contributed by atoms with Crippen LogP contribution in [0.3, 0.4) is 0 Å². The van der Waals surface area contributed by atoms with Crippen molar-refractivity contribution in [3.05, 3.63) is 48.5 Å². The number of ether oxygens (including phenoxy) is 1. The maximum Gasteiger partial charge on any atom is 0.413 e. The van der Waals surface area contributed by atoms with E-state index in [2.05, 4.69) is 5.32 Å². The largest absolute Gasteiger partial charge is 0.413 e. The SMILES string of the molecule is CC(C)(C)NC(=O)Oc1ccc(-c2ccccc2)cc1N. The van der Waals surface area contributed by atoms with Gasteiger partial charge in [-0.05, 0) is 44.0 Å². The van der Waals surface area contributed by atoms with Crippen LogP contribution in [0.5, 0.6) is 5.75 Å². The van der Waals surface area contributed by atoms with E-state index in [1.54, 1.807) is 12.1 Å². The molecule has 21 heavy (non-hydrogen) atoms. The third-order valence-corrected chi connectivity index (χ3v) is 2.80. The molecule has 0 saturated carbocycles. The first-order valence-electron chi connectivity index (χ1n) is 6.80. The molecule has 2 aromatic rings. The lowest BCUT2D eigenvalue weighted by molar-refractivity contribution is 0.191. The molecule has 0 radical (unpaired) electrons. The van der Waals surface area contributed by atoms with Crippen LogP contribution < -0.4 is 15.8 Å². The van der Waals surface area contributed by atoms with Crippen LogP contribution in [0.2, 0.25) is 0 Å². The lowest BCUT2D eigenvalue weighted by Gasteiger charge is -2.20. The minimum absolute atomic E-state index is 0.351. The molecule has 110 valence electrons. The summed E-state index contributed by atoms with van der Waals surface area (Å²) < 4.78 is 5.24. The summed E-state index contributed by atoms with van der Waals surface area (Å²) in [7, 11) is 0. The normalized spacial score (nSPS) is 11.0. The highest BCUT2D eigenvalue weighted by Gasteiger charge is 2.16. The van der Waals surface area contributed by atoms with Gasteiger partial charge in [-0.1, -0.05) is 36.4 Å². The molecule has 0 aliphatic rings. The standard InChI is InChI=1S/C17H20N2O2/c1-17(2,3)19-16(20)21-15-10-9-13(11-14(15)18)12-7-5-4-6-8-12/h4-11H,18H2,1-3H3,(H,19,20). The molecule has 4 heteroatoms. The Bertz CT molecular complexity index is 631. The van der Waals surface area contributed by atoms with E-state index in [-0.39, 0.29) is 5.54 Å². The molecule has 1 amide bonds. The number of benzene rings is 2. The molecule has 2 rings (SSSR count). The molecular weight excluding hydrogens is 264 g/mol. The first kappa shape index (κ1) is 14.9. The van der Waals surface area contributed by atoms with Crippen LogP contribution in [0.4, 0.5) is 10.5 Å². The van der Waals surface area contributed by atoms with Gasteiger partial charge in [0.15, 0.2) is 5.75 Å². The average molecular weight is 284 g/mol. The minimum Gasteiger partial charge on any atom is -0.408 e. The van der Waals surface area contributed by atoms with Crippen molar-refractivity contribution in [1.82, 2.24) is 5.32 Å². The summed E-state index contributed by atoms with van der Waals surface area (Å²) in [6.07, 6.45) is -0.512. The van der Waals surface area contributed by atoms with Gasteiger partial charge in [0, 0.05) is 5.54 Å². The number of hydrogen-bond acceptors (Lipinski definition) is 3. The van der Waals surface area contributed by atoms with Gasteiger partial charge in [-0.15, -0.1) is 0 Å². The van der Waals surface area contributed by atoms with Crippen molar-refractivity contribution >= 4 is 11.8 Å². The molecule has 0 unspecified atom stereocenters. The summed E-state index contributed by atoms with van der Waals surface area (Å²) in [5.41, 5.74) is 8.09. The highest BCUT2D eigenvalue weighted by atomic mass is 16.6. The van der Waals surface area contributed by atoms with Crippen LogP contribution in [-0.4, -0.2) is 11.6 Å². The van der Waals surface area contributed by atoms with Gasteiger partial charge in [-0.2, -0.15) is 0 Å². The molecule has 4 nitrogen and oxygen atoms in total. The fourth-order valence-corrected chi connectivity index (χ4v) is 1.88. The highest BCUT2D eigenvalue weighted by molar-refractivity contribution is 5.76. The van der Waals surface area contributed by atoms with E-state index < -0.39 is 6.09 Å². The summed E-state index contributed by atoms with van der Waals surface area (Å²) in [4.78, 5) is 11.7. The highest BCUT2D eigenvalue weighted by Crippen LogP contribution is 2.28. The number of amides is 1. The average Bonchev–Trinajstić information content (AvgIpc) is 2.40. The van der Waals surface area contributed by atoms with E-state index in [4.69, 9.17) is 10.5 Å². The number of nitrogens with one attached hydrogen (secondary N) is 1. The molecule has 0 heterocycles. The van der Waals surface area contributed by atoms with Gasteiger partial charge in [-0.25, -0.2) is 4.79 Å². The monoisotopic (exact) mass is 284 g/mol. The summed E-state index contributed by atoms with van der Waals surface area (Å²) in [5.74, 6) is 0.358. The number of nitrogens with two attached hydrogens (primary N) is 1. The first-order chi connectivity index (χ1) is 9.85. The lowest BCUT2D eigenvalue weighted by atomic mass is 10.1. The summed E-state index contributed by atoms with van der Waals surface area (Å²) >= 11 is 0. The second-order valence-corrected chi connectivity index (χ2v) is 5.88. The molecule has 0 aliphatic heterocycles. The number of hydrogen-bond donors (Lipinski definition) is 2. The van der Waals surface area contributed by atoms with Crippen LogP contribution in [0.15, 0.2) is 48.5 Å². The number of carbonyl (C=O) groups excluding carboxylic acids is 1. The van der Waals surface area contributed by atoms with E-state index in [1.165, 1.54) is 0 Å². The zero-order valence-electron chi connectivity index (χ0n) is 12.5. The first-order valence-corrected chi connectivity index (χ1v) is 6.80. The van der Waals surface area contributed by atoms with Crippen molar-refractivity contribution < 1.29 is 9.53 Å². The van der Waals surface area contributed by atoms with Crippen LogP contribution >= 0.6 is 0 Å². The van der Waals surface area contributed by atoms with Gasteiger partial charge in [0.2, 0.25) is 0 Å². The van der Waals surface area contributed by atoms with Gasteiger partial charge in [0.05, 0.1) is 5.69 Å². The Kier molecular flexibility index (Phi) is 4.17. The van der Waals surface area contributed by atoms with E-state index >= 15 is 0 Å². The van der Waals surface area contributed by atoms with Gasteiger partial charge in [0.1, 0.15) is 0 Å². The Balaban J connectivity index is 2.15. The minimum atomic E-state index is -0.512. The van der Waals surface area contributed by atoms with E-state index in [0.29, 0.717) is 11.4 Å². The molecule has 0 bridgehead atoms. The van der Waals surface area contributed by atoms with Crippen molar-refractivity contribution in [2.75, 3.05) is 5.73 Å². The van der Waals surface area contributed by atoms with Crippen LogP contribution in [0.1, 0.15) is 20.8 Å². The van der Waals surface area contributed by atoms with Crippen molar-refractivity contribution in [2.45, 2.75) is 26.3 Å². The Morgan fingerprint density at radius 1 is 1.05 bits per heavy atom. The Labute approximate surface area is 124 Å². The third-order valence-electron chi connectivity index (χ3n) is 2.80. The van der Waals surface area contributed by atoms with E-state index in [9.17, 15) is 4.79 Å². The number of carbonyl (C=O) groups is 1. The van der Waals surface area contributed by atoms with Crippen LogP contribution in [-0.2, 0) is 0 Å². The zero-order valence-corrected chi connectivity index (χ0v) is 12.5. The van der Waals surface area contributed by atoms with Crippen molar-refractivity contribution in [3.8, 4) is 16.9 Å². The Hall–Kier alpha value is -2.49. The second-order valence-electron chi connectivity index (χ2n) is 5.88. The predicted octanol–water partition coefficient (Wildman–Crippen LogP) is 3.82. The van der Waals surface area contributed by atoms with Crippen molar-refractivity contribution in [3.63, 3.8) is 0 Å². The Morgan fingerprint density at radius 3 is 2.29 bits per heavy atom. The molecule has 0 fully saturated rings. The molecule has 0 atom stereocenters. The van der Waals surface area contributed by atoms with Gasteiger partial charge >= 0.3 is 6.09 Å².